The highest BCUT2D eigenvalue weighted by molar-refractivity contribution is 6.03. The molecule has 5 nitrogen and oxygen atoms in total. The SMILES string of the molecule is COc1ccccc1NC(=O)c1cccc(=O)[nH]1. The molecule has 0 aliphatic rings. The number of ether oxygens (including phenoxy) is 1. The quantitative estimate of drug-likeness (QED) is 0.862. The third-order valence-corrected chi connectivity index (χ3v) is 2.37. The van der Waals surface area contributed by atoms with Crippen LogP contribution in [-0.2, 0) is 0 Å². The third-order valence-electron chi connectivity index (χ3n) is 2.37. The largest absolute Gasteiger partial charge is 0.495 e. The van der Waals surface area contributed by atoms with Gasteiger partial charge in [0, 0.05) is 6.07 Å². The van der Waals surface area contributed by atoms with Gasteiger partial charge < -0.3 is 15.0 Å². The second kappa shape index (κ2) is 5.18. The average Bonchev–Trinajstić information content (AvgIpc) is 2.39. The number of anilines is 1. The van der Waals surface area contributed by atoms with Crippen LogP contribution in [-0.4, -0.2) is 18.0 Å². The highest BCUT2D eigenvalue weighted by Gasteiger charge is 2.09. The number of hydrogen-bond acceptors (Lipinski definition) is 3. The number of rotatable bonds is 3. The minimum Gasteiger partial charge on any atom is -0.495 e. The first-order valence-electron chi connectivity index (χ1n) is 5.34. The van der Waals surface area contributed by atoms with Crippen LogP contribution in [0.1, 0.15) is 10.5 Å². The molecule has 1 amide bonds. The Labute approximate surface area is 103 Å². The molecule has 2 aromatic rings. The van der Waals surface area contributed by atoms with E-state index in [0.29, 0.717) is 11.4 Å². The van der Waals surface area contributed by atoms with Crippen molar-refractivity contribution in [3.8, 4) is 5.75 Å². The van der Waals surface area contributed by atoms with E-state index >= 15 is 0 Å². The Kier molecular flexibility index (Phi) is 3.43. The second-order valence-electron chi connectivity index (χ2n) is 3.58. The Balaban J connectivity index is 2.24. The molecule has 1 aromatic carbocycles. The van der Waals surface area contributed by atoms with Gasteiger partial charge >= 0.3 is 0 Å². The van der Waals surface area contributed by atoms with Crippen molar-refractivity contribution in [2.24, 2.45) is 0 Å². The Morgan fingerprint density at radius 3 is 2.67 bits per heavy atom. The monoisotopic (exact) mass is 244 g/mol. The van der Waals surface area contributed by atoms with Gasteiger partial charge in [-0.3, -0.25) is 9.59 Å². The van der Waals surface area contributed by atoms with Gasteiger partial charge in [0.05, 0.1) is 12.8 Å². The minimum absolute atomic E-state index is 0.202. The van der Waals surface area contributed by atoms with Crippen molar-refractivity contribution in [1.82, 2.24) is 4.98 Å². The summed E-state index contributed by atoms with van der Waals surface area (Å²) in [5.41, 5.74) is 0.436. The number of methoxy groups -OCH3 is 1. The molecule has 0 fully saturated rings. The number of carbonyl (C=O) groups is 1. The van der Waals surface area contributed by atoms with Gasteiger partial charge in [-0.05, 0) is 18.2 Å². The molecule has 0 unspecified atom stereocenters. The second-order valence-corrected chi connectivity index (χ2v) is 3.58. The van der Waals surface area contributed by atoms with Crippen molar-refractivity contribution in [2.45, 2.75) is 0 Å². The topological polar surface area (TPSA) is 71.2 Å². The van der Waals surface area contributed by atoms with Crippen LogP contribution in [0.3, 0.4) is 0 Å². The molecule has 2 N–H and O–H groups in total. The van der Waals surface area contributed by atoms with Gasteiger partial charge in [-0.25, -0.2) is 0 Å². The number of hydrogen-bond donors (Lipinski definition) is 2. The summed E-state index contributed by atoms with van der Waals surface area (Å²) in [6.07, 6.45) is 0. The zero-order valence-electron chi connectivity index (χ0n) is 9.77. The molecule has 0 aliphatic carbocycles. The first-order chi connectivity index (χ1) is 8.70. The number of H-pyrrole nitrogens is 1. The summed E-state index contributed by atoms with van der Waals surface area (Å²) >= 11 is 0. The van der Waals surface area contributed by atoms with E-state index in [9.17, 15) is 9.59 Å². The summed E-state index contributed by atoms with van der Waals surface area (Å²) in [6.45, 7) is 0. The summed E-state index contributed by atoms with van der Waals surface area (Å²) in [5, 5.41) is 2.67. The molecule has 1 aromatic heterocycles. The molecular formula is C13H12N2O3. The van der Waals surface area contributed by atoms with Crippen LogP contribution < -0.4 is 15.6 Å². The number of carbonyl (C=O) groups excluding carboxylic acids is 1. The third kappa shape index (κ3) is 2.57. The Bertz CT molecular complexity index is 619. The number of aromatic nitrogens is 1. The maximum Gasteiger partial charge on any atom is 0.272 e. The molecule has 5 heteroatoms. The van der Waals surface area contributed by atoms with Gasteiger partial charge in [0.1, 0.15) is 11.4 Å². The molecule has 1 heterocycles. The van der Waals surface area contributed by atoms with E-state index in [-0.39, 0.29) is 11.3 Å². The molecule has 0 aliphatic heterocycles. The Morgan fingerprint density at radius 1 is 1.17 bits per heavy atom. The van der Waals surface area contributed by atoms with E-state index in [1.165, 1.54) is 25.3 Å². The summed E-state index contributed by atoms with van der Waals surface area (Å²) in [5.74, 6) is 0.168. The maximum atomic E-state index is 11.9. The van der Waals surface area contributed by atoms with Gasteiger partial charge in [0.25, 0.3) is 5.91 Å². The fourth-order valence-electron chi connectivity index (χ4n) is 1.52. The number of amides is 1. The standard InChI is InChI=1S/C13H12N2O3/c1-18-11-7-3-2-5-9(11)15-13(17)10-6-4-8-12(16)14-10/h2-8H,1H3,(H,14,16)(H,15,17). The maximum absolute atomic E-state index is 11.9. The van der Waals surface area contributed by atoms with Gasteiger partial charge in [-0.15, -0.1) is 0 Å². The van der Waals surface area contributed by atoms with Crippen molar-refractivity contribution in [1.29, 1.82) is 0 Å². The number of aromatic amines is 1. The van der Waals surface area contributed by atoms with E-state index in [0.717, 1.165) is 0 Å². The van der Waals surface area contributed by atoms with Gasteiger partial charge in [0.2, 0.25) is 5.56 Å². The molecule has 0 radical (unpaired) electrons. The van der Waals surface area contributed by atoms with Crippen LogP contribution in [0, 0.1) is 0 Å². The molecule has 0 spiro atoms. The van der Waals surface area contributed by atoms with Crippen molar-refractivity contribution in [3.63, 3.8) is 0 Å². The Hall–Kier alpha value is -2.56. The van der Waals surface area contributed by atoms with E-state index < -0.39 is 5.91 Å². The lowest BCUT2D eigenvalue weighted by Gasteiger charge is -2.09. The molecule has 2 rings (SSSR count). The van der Waals surface area contributed by atoms with Crippen molar-refractivity contribution in [2.75, 3.05) is 12.4 Å². The molecular weight excluding hydrogens is 232 g/mol. The lowest BCUT2D eigenvalue weighted by molar-refractivity contribution is 0.102. The zero-order chi connectivity index (χ0) is 13.0. The molecule has 92 valence electrons. The van der Waals surface area contributed by atoms with Crippen molar-refractivity contribution >= 4 is 11.6 Å². The summed E-state index contributed by atoms with van der Waals surface area (Å²) < 4.78 is 5.12. The highest BCUT2D eigenvalue weighted by atomic mass is 16.5. The van der Waals surface area contributed by atoms with Crippen LogP contribution in [0.25, 0.3) is 0 Å². The highest BCUT2D eigenvalue weighted by Crippen LogP contribution is 2.23. The molecule has 0 saturated heterocycles. The van der Waals surface area contributed by atoms with E-state index in [1.807, 2.05) is 0 Å². The summed E-state index contributed by atoms with van der Waals surface area (Å²) in [6, 6.07) is 11.5. The average molecular weight is 244 g/mol. The molecule has 0 saturated carbocycles. The van der Waals surface area contributed by atoms with Crippen molar-refractivity contribution < 1.29 is 9.53 Å². The summed E-state index contributed by atoms with van der Waals surface area (Å²) in [7, 11) is 1.52. The van der Waals surface area contributed by atoms with Gasteiger partial charge in [-0.2, -0.15) is 0 Å². The lowest BCUT2D eigenvalue weighted by atomic mass is 10.2. The smallest absolute Gasteiger partial charge is 0.272 e. The number of benzene rings is 1. The van der Waals surface area contributed by atoms with Gasteiger partial charge in [-0.1, -0.05) is 18.2 Å². The predicted molar refractivity (Wildman–Crippen MR) is 68.0 cm³/mol. The van der Waals surface area contributed by atoms with Crippen LogP contribution >= 0.6 is 0 Å². The minimum atomic E-state index is -0.391. The van der Waals surface area contributed by atoms with Crippen LogP contribution in [0.2, 0.25) is 0 Å². The van der Waals surface area contributed by atoms with Gasteiger partial charge in [0.15, 0.2) is 0 Å². The summed E-state index contributed by atoms with van der Waals surface area (Å²) in [4.78, 5) is 25.5. The molecule has 0 bridgehead atoms. The first kappa shape index (κ1) is 11.9. The number of nitrogens with one attached hydrogen (secondary N) is 2. The Morgan fingerprint density at radius 2 is 1.94 bits per heavy atom. The van der Waals surface area contributed by atoms with E-state index in [4.69, 9.17) is 4.74 Å². The van der Waals surface area contributed by atoms with Crippen LogP contribution in [0.5, 0.6) is 5.75 Å². The number of pyridine rings is 1. The van der Waals surface area contributed by atoms with Crippen LogP contribution in [0.15, 0.2) is 47.3 Å². The normalized spacial score (nSPS) is 9.83. The molecule has 18 heavy (non-hydrogen) atoms. The predicted octanol–water partition coefficient (Wildman–Crippen LogP) is 1.64. The van der Waals surface area contributed by atoms with E-state index in [1.54, 1.807) is 24.3 Å². The fourth-order valence-corrected chi connectivity index (χ4v) is 1.52. The van der Waals surface area contributed by atoms with Crippen molar-refractivity contribution in [3.05, 3.63) is 58.5 Å². The number of para-hydroxylation sites is 2. The van der Waals surface area contributed by atoms with E-state index in [2.05, 4.69) is 10.3 Å². The molecule has 0 atom stereocenters. The lowest BCUT2D eigenvalue weighted by Crippen LogP contribution is -2.18. The fraction of sp³-hybridized carbons (Fsp3) is 0.0769. The van der Waals surface area contributed by atoms with Crippen LogP contribution in [0.4, 0.5) is 5.69 Å². The first-order valence-corrected chi connectivity index (χ1v) is 5.34. The zero-order valence-corrected chi connectivity index (χ0v) is 9.77.